The molecule has 1 heterocycles. The lowest BCUT2D eigenvalue weighted by molar-refractivity contribution is 0.648. The van der Waals surface area contributed by atoms with Gasteiger partial charge in [-0.15, -0.1) is 24.0 Å². The van der Waals surface area contributed by atoms with Crippen molar-refractivity contribution in [3.8, 4) is 6.07 Å². The number of guanidine groups is 1. The van der Waals surface area contributed by atoms with E-state index in [1.54, 1.807) is 7.05 Å². The summed E-state index contributed by atoms with van der Waals surface area (Å²) in [7, 11) is 1.79. The van der Waals surface area contributed by atoms with Gasteiger partial charge in [-0.3, -0.25) is 4.99 Å². The van der Waals surface area contributed by atoms with Crippen molar-refractivity contribution >= 4 is 51.6 Å². The summed E-state index contributed by atoms with van der Waals surface area (Å²) < 4.78 is 1.10. The molecule has 7 heteroatoms. The molecule has 1 fully saturated rings. The molecule has 3 rings (SSSR count). The summed E-state index contributed by atoms with van der Waals surface area (Å²) >= 11 is 3.48. The number of aliphatic imine (C=N–C) groups is 1. The Balaban J connectivity index is 0.00000261. The third-order valence-corrected chi connectivity index (χ3v) is 5.02. The van der Waals surface area contributed by atoms with Crippen molar-refractivity contribution in [2.45, 2.75) is 19.0 Å². The Morgan fingerprint density at radius 1 is 1.22 bits per heavy atom. The van der Waals surface area contributed by atoms with E-state index in [2.05, 4.69) is 66.8 Å². The van der Waals surface area contributed by atoms with E-state index in [0.29, 0.717) is 18.2 Å². The first kappa shape index (κ1) is 21.5. The van der Waals surface area contributed by atoms with Crippen LogP contribution in [0.15, 0.2) is 58.0 Å². The minimum atomic E-state index is 0. The molecular formula is C20H23BrIN5. The largest absolute Gasteiger partial charge is 0.369 e. The Morgan fingerprint density at radius 2 is 1.93 bits per heavy atom. The van der Waals surface area contributed by atoms with Crippen molar-refractivity contribution in [1.29, 1.82) is 5.26 Å². The van der Waals surface area contributed by atoms with E-state index in [9.17, 15) is 0 Å². The Hall–Kier alpha value is -1.79. The van der Waals surface area contributed by atoms with Gasteiger partial charge in [0.25, 0.3) is 0 Å². The molecule has 142 valence electrons. The van der Waals surface area contributed by atoms with E-state index < -0.39 is 0 Å². The molecule has 0 aromatic heterocycles. The molecular weight excluding hydrogens is 517 g/mol. The number of nitriles is 1. The predicted octanol–water partition coefficient (Wildman–Crippen LogP) is 3.88. The summed E-state index contributed by atoms with van der Waals surface area (Å²) in [5, 5.41) is 15.7. The van der Waals surface area contributed by atoms with Crippen molar-refractivity contribution in [2.24, 2.45) is 4.99 Å². The van der Waals surface area contributed by atoms with Crippen molar-refractivity contribution in [3.63, 3.8) is 0 Å². The van der Waals surface area contributed by atoms with Crippen LogP contribution >= 0.6 is 39.9 Å². The zero-order valence-corrected chi connectivity index (χ0v) is 19.1. The SMILES string of the molecule is CN=C(NCc1ccc(C#N)cc1)NC1CCN(c2ccc(Br)cc2)C1.I. The summed E-state index contributed by atoms with van der Waals surface area (Å²) in [4.78, 5) is 6.71. The molecule has 1 aliphatic heterocycles. The fourth-order valence-corrected chi connectivity index (χ4v) is 3.30. The molecule has 27 heavy (non-hydrogen) atoms. The van der Waals surface area contributed by atoms with Crippen LogP contribution in [0.25, 0.3) is 0 Å². The van der Waals surface area contributed by atoms with Gasteiger partial charge in [0.2, 0.25) is 0 Å². The van der Waals surface area contributed by atoms with Gasteiger partial charge in [-0.1, -0.05) is 28.1 Å². The van der Waals surface area contributed by atoms with Gasteiger partial charge in [-0.25, -0.2) is 0 Å². The van der Waals surface area contributed by atoms with Crippen molar-refractivity contribution in [3.05, 3.63) is 64.1 Å². The maximum Gasteiger partial charge on any atom is 0.191 e. The van der Waals surface area contributed by atoms with Crippen LogP contribution < -0.4 is 15.5 Å². The third-order valence-electron chi connectivity index (χ3n) is 4.49. The summed E-state index contributed by atoms with van der Waals surface area (Å²) in [5.41, 5.74) is 3.04. The van der Waals surface area contributed by atoms with Crippen LogP contribution in [-0.4, -0.2) is 32.1 Å². The number of rotatable bonds is 4. The average molecular weight is 540 g/mol. The number of halogens is 2. The molecule has 0 bridgehead atoms. The fraction of sp³-hybridized carbons (Fsp3) is 0.300. The van der Waals surface area contributed by atoms with Crippen LogP contribution in [-0.2, 0) is 6.54 Å². The molecule has 1 unspecified atom stereocenters. The first-order chi connectivity index (χ1) is 12.7. The van der Waals surface area contributed by atoms with Gasteiger partial charge in [-0.2, -0.15) is 5.26 Å². The molecule has 0 spiro atoms. The predicted molar refractivity (Wildman–Crippen MR) is 125 cm³/mol. The highest BCUT2D eigenvalue weighted by Crippen LogP contribution is 2.22. The van der Waals surface area contributed by atoms with Crippen LogP contribution in [0, 0.1) is 11.3 Å². The minimum Gasteiger partial charge on any atom is -0.369 e. The standard InChI is InChI=1S/C20H22BrN5.HI/c1-23-20(24-13-16-4-2-15(12-22)3-5-16)25-18-10-11-26(14-18)19-8-6-17(21)7-9-19;/h2-9,18H,10-11,13-14H2,1H3,(H2,23,24,25);1H. The fourth-order valence-electron chi connectivity index (χ4n) is 3.04. The summed E-state index contributed by atoms with van der Waals surface area (Å²) in [5.74, 6) is 0.803. The van der Waals surface area contributed by atoms with Crippen LogP contribution in [0.1, 0.15) is 17.5 Å². The van der Waals surface area contributed by atoms with Crippen LogP contribution in [0.5, 0.6) is 0 Å². The van der Waals surface area contributed by atoms with Gasteiger partial charge in [-0.05, 0) is 48.4 Å². The summed E-state index contributed by atoms with van der Waals surface area (Å²) in [6, 6.07) is 18.5. The average Bonchev–Trinajstić information content (AvgIpc) is 3.14. The second kappa shape index (κ2) is 10.5. The Morgan fingerprint density at radius 3 is 2.56 bits per heavy atom. The molecule has 0 aliphatic carbocycles. The van der Waals surface area contributed by atoms with E-state index in [4.69, 9.17) is 5.26 Å². The highest BCUT2D eigenvalue weighted by Gasteiger charge is 2.23. The number of hydrogen-bond donors (Lipinski definition) is 2. The zero-order valence-electron chi connectivity index (χ0n) is 15.2. The molecule has 0 saturated carbocycles. The molecule has 0 amide bonds. The number of benzene rings is 2. The van der Waals surface area contributed by atoms with E-state index in [-0.39, 0.29) is 24.0 Å². The Kier molecular flexibility index (Phi) is 8.38. The summed E-state index contributed by atoms with van der Waals surface area (Å²) in [6.45, 7) is 2.67. The molecule has 2 aromatic rings. The van der Waals surface area contributed by atoms with Gasteiger partial charge in [0, 0.05) is 42.9 Å². The summed E-state index contributed by atoms with van der Waals surface area (Å²) in [6.07, 6.45) is 1.08. The van der Waals surface area contributed by atoms with Gasteiger partial charge < -0.3 is 15.5 Å². The molecule has 1 aliphatic rings. The van der Waals surface area contributed by atoms with E-state index in [1.165, 1.54) is 5.69 Å². The first-order valence-electron chi connectivity index (χ1n) is 8.64. The maximum atomic E-state index is 8.86. The molecule has 1 saturated heterocycles. The normalized spacial score (nSPS) is 16.4. The Labute approximate surface area is 186 Å². The molecule has 5 nitrogen and oxygen atoms in total. The number of anilines is 1. The second-order valence-corrected chi connectivity index (χ2v) is 7.20. The maximum absolute atomic E-state index is 8.86. The minimum absolute atomic E-state index is 0. The molecule has 0 radical (unpaired) electrons. The lowest BCUT2D eigenvalue weighted by atomic mass is 10.1. The molecule has 1 atom stereocenters. The zero-order chi connectivity index (χ0) is 18.4. The van der Waals surface area contributed by atoms with E-state index >= 15 is 0 Å². The van der Waals surface area contributed by atoms with Gasteiger partial charge in [0.15, 0.2) is 5.96 Å². The van der Waals surface area contributed by atoms with Crippen molar-refractivity contribution in [1.82, 2.24) is 10.6 Å². The van der Waals surface area contributed by atoms with Crippen LogP contribution in [0.4, 0.5) is 5.69 Å². The first-order valence-corrected chi connectivity index (χ1v) is 9.44. The smallest absolute Gasteiger partial charge is 0.191 e. The highest BCUT2D eigenvalue weighted by molar-refractivity contribution is 14.0. The lowest BCUT2D eigenvalue weighted by Crippen LogP contribution is -2.44. The third kappa shape index (κ3) is 6.11. The van der Waals surface area contributed by atoms with Crippen molar-refractivity contribution < 1.29 is 0 Å². The Bertz CT molecular complexity index is 799. The molecule has 2 aromatic carbocycles. The topological polar surface area (TPSA) is 63.5 Å². The quantitative estimate of drug-likeness (QED) is 0.351. The van der Waals surface area contributed by atoms with Gasteiger partial charge in [0.1, 0.15) is 0 Å². The highest BCUT2D eigenvalue weighted by atomic mass is 127. The lowest BCUT2D eigenvalue weighted by Gasteiger charge is -2.20. The molecule has 2 N–H and O–H groups in total. The monoisotopic (exact) mass is 539 g/mol. The van der Waals surface area contributed by atoms with Crippen LogP contribution in [0.3, 0.4) is 0 Å². The number of nitrogens with zero attached hydrogens (tertiary/aromatic N) is 3. The van der Waals surface area contributed by atoms with Gasteiger partial charge in [0.05, 0.1) is 11.6 Å². The number of nitrogens with one attached hydrogen (secondary N) is 2. The second-order valence-electron chi connectivity index (χ2n) is 6.29. The van der Waals surface area contributed by atoms with Crippen LogP contribution in [0.2, 0.25) is 0 Å². The van der Waals surface area contributed by atoms with E-state index in [0.717, 1.165) is 35.5 Å². The van der Waals surface area contributed by atoms with Gasteiger partial charge >= 0.3 is 0 Å². The van der Waals surface area contributed by atoms with Crippen molar-refractivity contribution in [2.75, 3.05) is 25.0 Å². The number of hydrogen-bond acceptors (Lipinski definition) is 3. The van der Waals surface area contributed by atoms with E-state index in [1.807, 2.05) is 24.3 Å².